The highest BCUT2D eigenvalue weighted by atomic mass is 16.1. The van der Waals surface area contributed by atoms with Gasteiger partial charge in [-0.05, 0) is 19.8 Å². The summed E-state index contributed by atoms with van der Waals surface area (Å²) in [6.07, 6.45) is 4.68. The molecule has 0 unspecified atom stereocenters. The van der Waals surface area contributed by atoms with E-state index in [0.717, 1.165) is 19.4 Å². The van der Waals surface area contributed by atoms with Gasteiger partial charge in [0, 0.05) is 13.9 Å². The van der Waals surface area contributed by atoms with Gasteiger partial charge in [-0.3, -0.25) is 4.79 Å². The fraction of sp³-hybridized carbons (Fsp3) is 0.917. The van der Waals surface area contributed by atoms with Gasteiger partial charge in [-0.1, -0.05) is 40.5 Å². The minimum atomic E-state index is 0. The molecule has 14 heavy (non-hydrogen) atoms. The number of rotatable bonds is 2. The summed E-state index contributed by atoms with van der Waals surface area (Å²) >= 11 is 0. The summed E-state index contributed by atoms with van der Waals surface area (Å²) in [6.45, 7) is 10.7. The smallest absolute Gasteiger partial charge is 0.223 e. The van der Waals surface area contributed by atoms with E-state index in [4.69, 9.17) is 0 Å². The number of carbonyl (C=O) groups is 1. The van der Waals surface area contributed by atoms with Gasteiger partial charge in [-0.15, -0.1) is 0 Å². The third kappa shape index (κ3) is 6.93. The van der Waals surface area contributed by atoms with E-state index >= 15 is 0 Å². The summed E-state index contributed by atoms with van der Waals surface area (Å²) in [7, 11) is 0. The molecule has 1 saturated carbocycles. The van der Waals surface area contributed by atoms with Crippen LogP contribution in [0.1, 0.15) is 61.7 Å². The number of nitrogens with one attached hydrogen (secondary N) is 1. The van der Waals surface area contributed by atoms with Crippen LogP contribution in [0.15, 0.2) is 0 Å². The average Bonchev–Trinajstić information content (AvgIpc) is 2.77. The van der Waals surface area contributed by atoms with E-state index in [1.807, 2.05) is 34.6 Å². The largest absolute Gasteiger partial charge is 0.356 e. The minimum absolute atomic E-state index is 0. The predicted molar refractivity (Wildman–Crippen MR) is 65.5 cm³/mol. The molecule has 0 radical (unpaired) electrons. The maximum atomic E-state index is 11.1. The van der Waals surface area contributed by atoms with Crippen molar-refractivity contribution in [1.29, 1.82) is 0 Å². The topological polar surface area (TPSA) is 29.1 Å². The van der Waals surface area contributed by atoms with E-state index in [0.29, 0.717) is 5.92 Å². The Kier molecular flexibility index (Phi) is 14.2. The molecular weight excluding hydrogens is 174 g/mol. The van der Waals surface area contributed by atoms with Crippen molar-refractivity contribution in [2.24, 2.45) is 5.92 Å². The first kappa shape index (κ1) is 15.9. The maximum Gasteiger partial charge on any atom is 0.223 e. The fourth-order valence-electron chi connectivity index (χ4n) is 1.51. The predicted octanol–water partition coefficient (Wildman–Crippen LogP) is 3.61. The van der Waals surface area contributed by atoms with Crippen molar-refractivity contribution < 1.29 is 6.22 Å². The molecule has 0 aromatic heterocycles. The highest BCUT2D eigenvalue weighted by Crippen LogP contribution is 2.24. The molecule has 1 fully saturated rings. The molecule has 1 N–H and O–H groups in total. The van der Waals surface area contributed by atoms with Crippen LogP contribution in [0.4, 0.5) is 0 Å². The second-order valence-corrected chi connectivity index (χ2v) is 2.88. The van der Waals surface area contributed by atoms with Crippen LogP contribution in [0, 0.1) is 5.92 Å². The van der Waals surface area contributed by atoms with Crippen LogP contribution in [-0.2, 0) is 4.79 Å². The van der Waals surface area contributed by atoms with E-state index in [9.17, 15) is 4.79 Å². The van der Waals surface area contributed by atoms with Crippen LogP contribution in [0.5, 0.6) is 0 Å². The molecule has 2 heteroatoms. The molecule has 0 atom stereocenters. The lowest BCUT2D eigenvalue weighted by Gasteiger charge is -2.07. The Morgan fingerprint density at radius 2 is 1.64 bits per heavy atom. The Hall–Kier alpha value is -0.530. The number of carbonyl (C=O) groups excluding carboxylic acids is 1. The lowest BCUT2D eigenvalue weighted by Crippen LogP contribution is -2.28. The number of amides is 1. The van der Waals surface area contributed by atoms with E-state index < -0.39 is 0 Å². The quantitative estimate of drug-likeness (QED) is 0.730. The molecule has 0 saturated heterocycles. The van der Waals surface area contributed by atoms with Gasteiger partial charge in [0.25, 0.3) is 0 Å². The van der Waals surface area contributed by atoms with Crippen molar-refractivity contribution in [2.45, 2.75) is 60.3 Å². The summed E-state index contributed by atoms with van der Waals surface area (Å²) in [5.41, 5.74) is 0. The number of hydrogen-bond acceptors (Lipinski definition) is 1. The first-order valence-corrected chi connectivity index (χ1v) is 6.12. The second-order valence-electron chi connectivity index (χ2n) is 2.88. The Bertz CT molecular complexity index is 123. The first-order valence-electron chi connectivity index (χ1n) is 6.12. The molecule has 88 valence electrons. The summed E-state index contributed by atoms with van der Waals surface area (Å²) < 4.78 is 0. The SMILES string of the molecule is CC.CC.CCNC(=O)C1CCCC1.[HH]. The van der Waals surface area contributed by atoms with Gasteiger partial charge in [-0.25, -0.2) is 0 Å². The van der Waals surface area contributed by atoms with Crippen molar-refractivity contribution in [1.82, 2.24) is 5.32 Å². The summed E-state index contributed by atoms with van der Waals surface area (Å²) in [4.78, 5) is 11.1. The first-order chi connectivity index (χ1) is 6.84. The molecule has 0 aromatic carbocycles. The van der Waals surface area contributed by atoms with Crippen molar-refractivity contribution in [2.75, 3.05) is 6.54 Å². The molecule has 0 aliphatic heterocycles. The Balaban J connectivity index is -0.000000258. The van der Waals surface area contributed by atoms with Gasteiger partial charge in [0.05, 0.1) is 0 Å². The van der Waals surface area contributed by atoms with Crippen molar-refractivity contribution >= 4 is 5.91 Å². The van der Waals surface area contributed by atoms with Crippen LogP contribution in [0.3, 0.4) is 0 Å². The van der Waals surface area contributed by atoms with Crippen LogP contribution in [0.25, 0.3) is 0 Å². The highest BCUT2D eigenvalue weighted by Gasteiger charge is 2.21. The molecule has 1 rings (SSSR count). The monoisotopic (exact) mass is 203 g/mol. The van der Waals surface area contributed by atoms with E-state index in [1.54, 1.807) is 0 Å². The second kappa shape index (κ2) is 12.5. The highest BCUT2D eigenvalue weighted by molar-refractivity contribution is 5.78. The van der Waals surface area contributed by atoms with Gasteiger partial charge in [0.1, 0.15) is 0 Å². The van der Waals surface area contributed by atoms with Gasteiger partial charge in [-0.2, -0.15) is 0 Å². The summed E-state index contributed by atoms with van der Waals surface area (Å²) in [5, 5.41) is 2.85. The third-order valence-electron chi connectivity index (χ3n) is 2.08. The van der Waals surface area contributed by atoms with Gasteiger partial charge in [0.2, 0.25) is 5.91 Å². The molecule has 1 aliphatic rings. The van der Waals surface area contributed by atoms with Crippen LogP contribution in [0.2, 0.25) is 0 Å². The molecule has 0 spiro atoms. The van der Waals surface area contributed by atoms with Crippen molar-refractivity contribution in [3.8, 4) is 0 Å². The van der Waals surface area contributed by atoms with Gasteiger partial charge >= 0.3 is 0 Å². The Morgan fingerprint density at radius 3 is 2.00 bits per heavy atom. The van der Waals surface area contributed by atoms with Gasteiger partial charge in [0.15, 0.2) is 0 Å². The summed E-state index contributed by atoms with van der Waals surface area (Å²) in [6, 6.07) is 0. The summed E-state index contributed by atoms with van der Waals surface area (Å²) in [5.74, 6) is 0.597. The third-order valence-corrected chi connectivity index (χ3v) is 2.08. The number of hydrogen-bond donors (Lipinski definition) is 1. The fourth-order valence-corrected chi connectivity index (χ4v) is 1.51. The van der Waals surface area contributed by atoms with Crippen LogP contribution < -0.4 is 5.32 Å². The van der Waals surface area contributed by atoms with Crippen molar-refractivity contribution in [3.05, 3.63) is 0 Å². The maximum absolute atomic E-state index is 11.1. The molecule has 1 aliphatic carbocycles. The van der Waals surface area contributed by atoms with Crippen molar-refractivity contribution in [3.63, 3.8) is 0 Å². The lowest BCUT2D eigenvalue weighted by molar-refractivity contribution is -0.124. The van der Waals surface area contributed by atoms with Crippen LogP contribution in [-0.4, -0.2) is 12.5 Å². The lowest BCUT2D eigenvalue weighted by atomic mass is 10.1. The Labute approximate surface area is 91.0 Å². The zero-order valence-corrected chi connectivity index (χ0v) is 10.5. The molecule has 0 bridgehead atoms. The molecule has 0 aromatic rings. The zero-order valence-electron chi connectivity index (χ0n) is 10.5. The molecule has 1 amide bonds. The minimum Gasteiger partial charge on any atom is -0.356 e. The molecule has 0 heterocycles. The molecule has 2 nitrogen and oxygen atoms in total. The molecular formula is C12H29NO. The van der Waals surface area contributed by atoms with E-state index in [2.05, 4.69) is 5.32 Å². The standard InChI is InChI=1S/C8H15NO.2C2H6.H2/c1-2-9-8(10)7-5-3-4-6-7;2*1-2;/h7H,2-6H2,1H3,(H,9,10);2*1-2H3;1H. The average molecular weight is 203 g/mol. The Morgan fingerprint density at radius 1 is 1.21 bits per heavy atom. The zero-order chi connectivity index (χ0) is 11.4. The van der Waals surface area contributed by atoms with E-state index in [-0.39, 0.29) is 7.33 Å². The van der Waals surface area contributed by atoms with E-state index in [1.165, 1.54) is 12.8 Å². The normalized spacial score (nSPS) is 14.6. The van der Waals surface area contributed by atoms with Gasteiger partial charge < -0.3 is 5.32 Å². The van der Waals surface area contributed by atoms with Crippen LogP contribution >= 0.6 is 0 Å².